The van der Waals surface area contributed by atoms with Crippen LogP contribution in [0.15, 0.2) is 24.3 Å². The average Bonchev–Trinajstić information content (AvgIpc) is 2.86. The van der Waals surface area contributed by atoms with Crippen LogP contribution in [0, 0.1) is 27.7 Å². The van der Waals surface area contributed by atoms with Crippen molar-refractivity contribution in [3.8, 4) is 17.2 Å². The summed E-state index contributed by atoms with van der Waals surface area (Å²) in [6, 6.07) is 6.79. The summed E-state index contributed by atoms with van der Waals surface area (Å²) in [4.78, 5) is 22.7. The lowest BCUT2D eigenvalue weighted by Crippen LogP contribution is -2.30. The number of carbonyl (C=O) groups is 2. The van der Waals surface area contributed by atoms with Gasteiger partial charge in [0.2, 0.25) is 0 Å². The van der Waals surface area contributed by atoms with Gasteiger partial charge in [0.15, 0.2) is 0 Å². The summed E-state index contributed by atoms with van der Waals surface area (Å²) in [5, 5.41) is 12.4. The minimum absolute atomic E-state index is 0.270. The molecule has 0 bridgehead atoms. The first-order valence-corrected chi connectivity index (χ1v) is 8.35. The van der Waals surface area contributed by atoms with Crippen LogP contribution in [0.1, 0.15) is 27.8 Å². The molecule has 6 nitrogen and oxygen atoms in total. The Morgan fingerprint density at radius 3 is 2.08 bits per heavy atom. The Bertz CT molecular complexity index is 857. The fourth-order valence-corrected chi connectivity index (χ4v) is 3.17. The summed E-state index contributed by atoms with van der Waals surface area (Å²) in [6.45, 7) is 7.51. The van der Waals surface area contributed by atoms with Gasteiger partial charge in [-0.05, 0) is 67.6 Å². The van der Waals surface area contributed by atoms with Crippen LogP contribution in [0.25, 0.3) is 0 Å². The number of carbonyl (C=O) groups excluding carboxylic acids is 2. The third kappa shape index (κ3) is 3.49. The molecule has 2 aromatic carbocycles. The number of aromatic hydroxyl groups is 1. The van der Waals surface area contributed by atoms with Crippen LogP contribution in [0.4, 0.5) is 4.79 Å². The summed E-state index contributed by atoms with van der Waals surface area (Å²) in [7, 11) is 0. The molecule has 1 fully saturated rings. The van der Waals surface area contributed by atoms with E-state index in [-0.39, 0.29) is 5.75 Å². The summed E-state index contributed by atoms with van der Waals surface area (Å²) >= 11 is 0. The first-order valence-electron chi connectivity index (χ1n) is 8.35. The minimum Gasteiger partial charge on any atom is -0.507 e. The van der Waals surface area contributed by atoms with Crippen molar-refractivity contribution in [1.29, 1.82) is 0 Å². The molecule has 2 N–H and O–H groups in total. The number of hydrogen-bond acceptors (Lipinski definition) is 5. The van der Waals surface area contributed by atoms with Gasteiger partial charge in [-0.25, -0.2) is 9.59 Å². The minimum atomic E-state index is -0.702. The number of rotatable bonds is 4. The zero-order chi connectivity index (χ0) is 19.0. The Labute approximate surface area is 151 Å². The van der Waals surface area contributed by atoms with Crippen molar-refractivity contribution in [2.75, 3.05) is 0 Å². The number of benzene rings is 2. The second-order valence-electron chi connectivity index (χ2n) is 6.68. The number of esters is 1. The van der Waals surface area contributed by atoms with Crippen LogP contribution in [-0.2, 0) is 16.0 Å². The first kappa shape index (κ1) is 17.8. The maximum Gasteiger partial charge on any atom is 0.415 e. The van der Waals surface area contributed by atoms with E-state index in [1.165, 1.54) is 0 Å². The molecule has 1 heterocycles. The molecule has 6 heteroatoms. The van der Waals surface area contributed by atoms with Gasteiger partial charge in [-0.3, -0.25) is 0 Å². The van der Waals surface area contributed by atoms with Crippen LogP contribution < -0.4 is 10.1 Å². The SMILES string of the molecule is Cc1cc(Oc2c(C)cc(CC3NC(=O)OC3=O)cc2C)cc(C)c1O. The number of alkyl carbamates (subject to hydrolysis) is 1. The van der Waals surface area contributed by atoms with E-state index in [4.69, 9.17) is 4.74 Å². The monoisotopic (exact) mass is 355 g/mol. The number of amides is 1. The van der Waals surface area contributed by atoms with E-state index in [1.54, 1.807) is 12.1 Å². The molecule has 0 aliphatic carbocycles. The maximum absolute atomic E-state index is 11.6. The molecular weight excluding hydrogens is 334 g/mol. The Kier molecular flexibility index (Phi) is 4.59. The van der Waals surface area contributed by atoms with Crippen LogP contribution in [0.3, 0.4) is 0 Å². The van der Waals surface area contributed by atoms with Gasteiger partial charge < -0.3 is 19.9 Å². The van der Waals surface area contributed by atoms with Gasteiger partial charge in [-0.1, -0.05) is 12.1 Å². The lowest BCUT2D eigenvalue weighted by molar-refractivity contribution is -0.135. The predicted octanol–water partition coefficient (Wildman–Crippen LogP) is 3.60. The summed E-state index contributed by atoms with van der Waals surface area (Å²) in [5.41, 5.74) is 4.25. The molecule has 2 aromatic rings. The smallest absolute Gasteiger partial charge is 0.415 e. The first-order chi connectivity index (χ1) is 12.2. The third-order valence-corrected chi connectivity index (χ3v) is 4.41. The molecule has 26 heavy (non-hydrogen) atoms. The van der Waals surface area contributed by atoms with Gasteiger partial charge in [-0.15, -0.1) is 0 Å². The van der Waals surface area contributed by atoms with Gasteiger partial charge in [-0.2, -0.15) is 0 Å². The quantitative estimate of drug-likeness (QED) is 0.647. The van der Waals surface area contributed by atoms with Crippen molar-refractivity contribution in [2.45, 2.75) is 40.2 Å². The maximum atomic E-state index is 11.6. The van der Waals surface area contributed by atoms with Gasteiger partial charge in [0, 0.05) is 6.42 Å². The lowest BCUT2D eigenvalue weighted by atomic mass is 10.00. The summed E-state index contributed by atoms with van der Waals surface area (Å²) < 4.78 is 10.6. The molecule has 0 saturated carbocycles. The molecule has 1 saturated heterocycles. The van der Waals surface area contributed by atoms with E-state index in [0.29, 0.717) is 12.2 Å². The molecular formula is C20H21NO5. The van der Waals surface area contributed by atoms with Crippen molar-refractivity contribution in [3.63, 3.8) is 0 Å². The molecule has 3 rings (SSSR count). The normalized spacial score (nSPS) is 16.4. The molecule has 0 spiro atoms. The second kappa shape index (κ2) is 6.71. The van der Waals surface area contributed by atoms with Gasteiger partial charge in [0.05, 0.1) is 0 Å². The molecule has 136 valence electrons. The number of phenolic OH excluding ortho intramolecular Hbond substituents is 1. The molecule has 1 aliphatic heterocycles. The van der Waals surface area contributed by atoms with Crippen LogP contribution >= 0.6 is 0 Å². The zero-order valence-electron chi connectivity index (χ0n) is 15.2. The highest BCUT2D eigenvalue weighted by Gasteiger charge is 2.32. The Balaban J connectivity index is 1.84. The highest BCUT2D eigenvalue weighted by molar-refractivity contribution is 5.95. The molecule has 1 unspecified atom stereocenters. The van der Waals surface area contributed by atoms with Crippen molar-refractivity contribution in [3.05, 3.63) is 52.1 Å². The molecule has 0 radical (unpaired) electrons. The Hall–Kier alpha value is -3.02. The number of aryl methyl sites for hydroxylation is 4. The zero-order valence-corrected chi connectivity index (χ0v) is 15.2. The highest BCUT2D eigenvalue weighted by atomic mass is 16.6. The number of phenols is 1. The van der Waals surface area contributed by atoms with Crippen molar-refractivity contribution < 1.29 is 24.2 Å². The van der Waals surface area contributed by atoms with E-state index in [0.717, 1.165) is 33.6 Å². The summed E-state index contributed by atoms with van der Waals surface area (Å²) in [5.74, 6) is 1.10. The molecule has 0 aromatic heterocycles. The number of hydrogen-bond donors (Lipinski definition) is 2. The van der Waals surface area contributed by atoms with Gasteiger partial charge >= 0.3 is 12.1 Å². The fraction of sp³-hybridized carbons (Fsp3) is 0.300. The number of cyclic esters (lactones) is 2. The van der Waals surface area contributed by atoms with E-state index in [9.17, 15) is 14.7 Å². The van der Waals surface area contributed by atoms with E-state index < -0.39 is 18.1 Å². The third-order valence-electron chi connectivity index (χ3n) is 4.41. The van der Waals surface area contributed by atoms with E-state index in [1.807, 2.05) is 39.8 Å². The molecule has 1 atom stereocenters. The second-order valence-corrected chi connectivity index (χ2v) is 6.68. The topological polar surface area (TPSA) is 84.9 Å². The van der Waals surface area contributed by atoms with E-state index in [2.05, 4.69) is 10.1 Å². The average molecular weight is 355 g/mol. The van der Waals surface area contributed by atoms with Crippen LogP contribution in [-0.4, -0.2) is 23.2 Å². The fourth-order valence-electron chi connectivity index (χ4n) is 3.17. The predicted molar refractivity (Wildman–Crippen MR) is 95.7 cm³/mol. The van der Waals surface area contributed by atoms with Crippen molar-refractivity contribution >= 4 is 12.1 Å². The Morgan fingerprint density at radius 2 is 1.58 bits per heavy atom. The summed E-state index contributed by atoms with van der Waals surface area (Å²) in [6.07, 6.45) is -0.337. The van der Waals surface area contributed by atoms with Crippen molar-refractivity contribution in [2.24, 2.45) is 0 Å². The molecule has 1 amide bonds. The highest BCUT2D eigenvalue weighted by Crippen LogP contribution is 2.34. The van der Waals surface area contributed by atoms with Crippen molar-refractivity contribution in [1.82, 2.24) is 5.32 Å². The number of nitrogens with one attached hydrogen (secondary N) is 1. The number of ether oxygens (including phenoxy) is 2. The largest absolute Gasteiger partial charge is 0.507 e. The van der Waals surface area contributed by atoms with Crippen LogP contribution in [0.5, 0.6) is 17.2 Å². The Morgan fingerprint density at radius 1 is 1.00 bits per heavy atom. The standard InChI is InChI=1S/C20H21NO5/c1-10-7-15(8-11(2)17(10)22)25-18-12(3)5-14(6-13(18)4)9-16-19(23)26-20(24)21-16/h5-8,16,22H,9H2,1-4H3,(H,21,24). The van der Waals surface area contributed by atoms with E-state index >= 15 is 0 Å². The molecule has 1 aliphatic rings. The lowest BCUT2D eigenvalue weighted by Gasteiger charge is -2.16. The van der Waals surface area contributed by atoms with Crippen LogP contribution in [0.2, 0.25) is 0 Å². The van der Waals surface area contributed by atoms with Gasteiger partial charge in [0.25, 0.3) is 0 Å². The van der Waals surface area contributed by atoms with Gasteiger partial charge in [0.1, 0.15) is 23.3 Å².